The first-order valence-electron chi connectivity index (χ1n) is 10.2. The number of nitro groups is 1. The molecular formula is C24H21N3O4. The summed E-state index contributed by atoms with van der Waals surface area (Å²) in [7, 11) is 0. The van der Waals surface area contributed by atoms with Crippen LogP contribution in [0.5, 0.6) is 11.5 Å². The summed E-state index contributed by atoms with van der Waals surface area (Å²) in [5.74, 6) is 1.61. The van der Waals surface area contributed by atoms with Crippen molar-refractivity contribution in [3.05, 3.63) is 99.6 Å². The summed E-state index contributed by atoms with van der Waals surface area (Å²) in [5, 5.41) is 18.1. The zero-order chi connectivity index (χ0) is 21.4. The summed E-state index contributed by atoms with van der Waals surface area (Å²) in [6.45, 7) is 2.58. The highest BCUT2D eigenvalue weighted by atomic mass is 16.6. The number of non-ortho nitro benzene ring substituents is 1. The van der Waals surface area contributed by atoms with E-state index in [2.05, 4.69) is 0 Å². The zero-order valence-electron chi connectivity index (χ0n) is 17.0. The van der Waals surface area contributed by atoms with Gasteiger partial charge in [-0.3, -0.25) is 10.1 Å². The lowest BCUT2D eigenvalue weighted by molar-refractivity contribution is -0.385. The molecule has 0 bridgehead atoms. The van der Waals surface area contributed by atoms with Crippen LogP contribution in [0.4, 0.5) is 5.69 Å². The number of hydrogen-bond acceptors (Lipinski definition) is 6. The first-order chi connectivity index (χ1) is 15.1. The van der Waals surface area contributed by atoms with Gasteiger partial charge in [0.1, 0.15) is 11.5 Å². The van der Waals surface area contributed by atoms with Gasteiger partial charge in [-0.15, -0.1) is 0 Å². The number of hydrazone groups is 1. The molecule has 7 heteroatoms. The molecule has 0 spiro atoms. The number of nitrogens with zero attached hydrogens (tertiary/aromatic N) is 3. The van der Waals surface area contributed by atoms with E-state index in [-0.39, 0.29) is 11.7 Å². The SMILES string of the molecule is CCOc1ccc(C2=NN3[C@H](C2)c2ccccc2O[C@H]3c2cccc([N+](=O)[O-])c2)cc1. The fourth-order valence-electron chi connectivity index (χ4n) is 4.13. The molecule has 2 heterocycles. The van der Waals surface area contributed by atoms with Crippen LogP contribution in [0.1, 0.15) is 42.3 Å². The van der Waals surface area contributed by atoms with Crippen molar-refractivity contribution in [3.63, 3.8) is 0 Å². The van der Waals surface area contributed by atoms with Crippen LogP contribution < -0.4 is 9.47 Å². The van der Waals surface area contributed by atoms with Gasteiger partial charge < -0.3 is 9.47 Å². The van der Waals surface area contributed by atoms with Gasteiger partial charge >= 0.3 is 0 Å². The molecule has 0 amide bonds. The van der Waals surface area contributed by atoms with Crippen molar-refractivity contribution in [1.82, 2.24) is 5.01 Å². The molecule has 0 fully saturated rings. The normalized spacial score (nSPS) is 19.1. The Hall–Kier alpha value is -3.87. The van der Waals surface area contributed by atoms with Gasteiger partial charge in [0, 0.05) is 29.7 Å². The third-order valence-corrected chi connectivity index (χ3v) is 5.56. The van der Waals surface area contributed by atoms with Crippen LogP contribution in [0.25, 0.3) is 0 Å². The highest BCUT2D eigenvalue weighted by molar-refractivity contribution is 6.02. The van der Waals surface area contributed by atoms with E-state index in [4.69, 9.17) is 14.6 Å². The maximum absolute atomic E-state index is 11.3. The lowest BCUT2D eigenvalue weighted by Gasteiger charge is -2.38. The van der Waals surface area contributed by atoms with Gasteiger partial charge in [-0.1, -0.05) is 30.3 Å². The van der Waals surface area contributed by atoms with Crippen molar-refractivity contribution >= 4 is 11.4 Å². The molecule has 0 aromatic heterocycles. The summed E-state index contributed by atoms with van der Waals surface area (Å²) in [4.78, 5) is 10.9. The van der Waals surface area contributed by atoms with Gasteiger partial charge in [0.2, 0.25) is 6.23 Å². The van der Waals surface area contributed by atoms with E-state index in [1.165, 1.54) is 6.07 Å². The minimum atomic E-state index is -0.542. The third kappa shape index (κ3) is 3.48. The predicted octanol–water partition coefficient (Wildman–Crippen LogP) is 5.24. The molecule has 3 aromatic carbocycles. The van der Waals surface area contributed by atoms with E-state index in [9.17, 15) is 10.1 Å². The fraction of sp³-hybridized carbons (Fsp3) is 0.208. The number of fused-ring (bicyclic) bond motifs is 3. The van der Waals surface area contributed by atoms with Gasteiger partial charge in [0.05, 0.1) is 23.3 Å². The van der Waals surface area contributed by atoms with Gasteiger partial charge in [0.25, 0.3) is 5.69 Å². The molecule has 0 saturated heterocycles. The Labute approximate surface area is 179 Å². The highest BCUT2D eigenvalue weighted by Crippen LogP contribution is 2.47. The van der Waals surface area contributed by atoms with Crippen LogP contribution >= 0.6 is 0 Å². The Morgan fingerprint density at radius 1 is 1.13 bits per heavy atom. The maximum Gasteiger partial charge on any atom is 0.269 e. The van der Waals surface area contributed by atoms with Crippen LogP contribution in [0.3, 0.4) is 0 Å². The number of hydrogen-bond donors (Lipinski definition) is 0. The quantitative estimate of drug-likeness (QED) is 0.421. The molecule has 5 rings (SSSR count). The Morgan fingerprint density at radius 2 is 1.94 bits per heavy atom. The molecule has 3 aromatic rings. The van der Waals surface area contributed by atoms with E-state index in [1.54, 1.807) is 12.1 Å². The Balaban J connectivity index is 1.54. The Bertz CT molecular complexity index is 1160. The first-order valence-corrected chi connectivity index (χ1v) is 10.2. The summed E-state index contributed by atoms with van der Waals surface area (Å²) in [6, 6.07) is 22.4. The molecule has 2 aliphatic heterocycles. The largest absolute Gasteiger partial charge is 0.494 e. The highest BCUT2D eigenvalue weighted by Gasteiger charge is 2.41. The number of rotatable bonds is 5. The lowest BCUT2D eigenvalue weighted by Crippen LogP contribution is -2.33. The van der Waals surface area contributed by atoms with Crippen LogP contribution in [-0.2, 0) is 0 Å². The van der Waals surface area contributed by atoms with Crippen molar-refractivity contribution in [2.45, 2.75) is 25.6 Å². The molecule has 31 heavy (non-hydrogen) atoms. The first kappa shape index (κ1) is 19.1. The van der Waals surface area contributed by atoms with Crippen LogP contribution in [-0.4, -0.2) is 22.3 Å². The number of benzene rings is 3. The number of para-hydroxylation sites is 1. The minimum Gasteiger partial charge on any atom is -0.494 e. The molecule has 0 N–H and O–H groups in total. The second-order valence-electron chi connectivity index (χ2n) is 7.46. The van der Waals surface area contributed by atoms with Crippen LogP contribution in [0, 0.1) is 10.1 Å². The monoisotopic (exact) mass is 415 g/mol. The lowest BCUT2D eigenvalue weighted by atomic mass is 9.96. The summed E-state index contributed by atoms with van der Waals surface area (Å²) in [6.07, 6.45) is 0.180. The van der Waals surface area contributed by atoms with E-state index < -0.39 is 11.2 Å². The average molecular weight is 415 g/mol. The average Bonchev–Trinajstić information content (AvgIpc) is 3.25. The molecule has 7 nitrogen and oxygen atoms in total. The molecule has 2 atom stereocenters. The van der Waals surface area contributed by atoms with E-state index in [0.717, 1.165) is 34.8 Å². The summed E-state index contributed by atoms with van der Waals surface area (Å²) < 4.78 is 11.8. The molecule has 156 valence electrons. The summed E-state index contributed by atoms with van der Waals surface area (Å²) in [5.41, 5.74) is 3.77. The van der Waals surface area contributed by atoms with Crippen LogP contribution in [0.2, 0.25) is 0 Å². The van der Waals surface area contributed by atoms with Gasteiger partial charge in [-0.05, 0) is 42.8 Å². The second kappa shape index (κ2) is 7.75. The second-order valence-corrected chi connectivity index (χ2v) is 7.46. The Morgan fingerprint density at radius 3 is 2.71 bits per heavy atom. The van der Waals surface area contributed by atoms with Crippen molar-refractivity contribution in [2.75, 3.05) is 6.61 Å². The molecule has 0 unspecified atom stereocenters. The molecule has 0 radical (unpaired) electrons. The minimum absolute atomic E-state index is 0.00391. The van der Waals surface area contributed by atoms with Crippen molar-refractivity contribution in [2.24, 2.45) is 5.10 Å². The summed E-state index contributed by atoms with van der Waals surface area (Å²) >= 11 is 0. The smallest absolute Gasteiger partial charge is 0.269 e. The predicted molar refractivity (Wildman–Crippen MR) is 116 cm³/mol. The molecule has 0 saturated carbocycles. The molecule has 2 aliphatic rings. The van der Waals surface area contributed by atoms with Crippen molar-refractivity contribution < 1.29 is 14.4 Å². The van der Waals surface area contributed by atoms with E-state index in [1.807, 2.05) is 66.5 Å². The third-order valence-electron chi connectivity index (χ3n) is 5.56. The fourth-order valence-corrected chi connectivity index (χ4v) is 4.13. The van der Waals surface area contributed by atoms with Crippen molar-refractivity contribution in [1.29, 1.82) is 0 Å². The van der Waals surface area contributed by atoms with E-state index in [0.29, 0.717) is 12.2 Å². The molecular weight excluding hydrogens is 394 g/mol. The van der Waals surface area contributed by atoms with Crippen LogP contribution in [0.15, 0.2) is 77.9 Å². The molecule has 0 aliphatic carbocycles. The van der Waals surface area contributed by atoms with E-state index >= 15 is 0 Å². The maximum atomic E-state index is 11.3. The van der Waals surface area contributed by atoms with Gasteiger partial charge in [0.15, 0.2) is 0 Å². The standard InChI is InChI=1S/C24H21N3O4/c1-2-30-19-12-10-16(11-13-19)21-15-22-20-8-3-4-9-23(20)31-24(26(22)25-21)17-6-5-7-18(14-17)27(28)29/h3-14,22,24H,2,15H2,1H3/t22-,24+/m1/s1. The number of ether oxygens (including phenoxy) is 2. The number of nitro benzene ring substituents is 1. The topological polar surface area (TPSA) is 77.2 Å². The van der Waals surface area contributed by atoms with Gasteiger partial charge in [-0.2, -0.15) is 5.10 Å². The Kier molecular flexibility index (Phi) is 4.78. The zero-order valence-corrected chi connectivity index (χ0v) is 17.0. The van der Waals surface area contributed by atoms with Gasteiger partial charge in [-0.25, -0.2) is 5.01 Å². The van der Waals surface area contributed by atoms with Crippen molar-refractivity contribution in [3.8, 4) is 11.5 Å².